The summed E-state index contributed by atoms with van der Waals surface area (Å²) in [5, 5.41) is 28.1. The van der Waals surface area contributed by atoms with E-state index in [4.69, 9.17) is 5.11 Å². The molecule has 3 N–H and O–H groups in total. The number of nitrogens with one attached hydrogen (secondary N) is 1. The van der Waals surface area contributed by atoms with Gasteiger partial charge in [0, 0.05) is 18.2 Å². The van der Waals surface area contributed by atoms with Crippen molar-refractivity contribution in [2.24, 2.45) is 12.1 Å². The van der Waals surface area contributed by atoms with Crippen molar-refractivity contribution >= 4 is 17.6 Å². The Kier molecular flexibility index (Phi) is 5.68. The van der Waals surface area contributed by atoms with E-state index in [1.54, 1.807) is 18.7 Å². The van der Waals surface area contributed by atoms with Crippen molar-refractivity contribution in [3.63, 3.8) is 0 Å². The van der Waals surface area contributed by atoms with Crippen LogP contribution in [0.5, 0.6) is 5.75 Å². The highest BCUT2D eigenvalue weighted by molar-refractivity contribution is 6.02. The number of benzene rings is 2. The Balaban J connectivity index is 1.84. The fourth-order valence-electron chi connectivity index (χ4n) is 3.21. The molecule has 8 heteroatoms. The number of hydrogen-bond donors (Lipinski definition) is 3. The summed E-state index contributed by atoms with van der Waals surface area (Å²) < 4.78 is 1.57. The second-order valence-electron chi connectivity index (χ2n) is 7.07. The quantitative estimate of drug-likeness (QED) is 0.444. The third kappa shape index (κ3) is 4.22. The van der Waals surface area contributed by atoms with E-state index in [-0.39, 0.29) is 22.6 Å². The summed E-state index contributed by atoms with van der Waals surface area (Å²) in [6.07, 6.45) is 0. The van der Waals surface area contributed by atoms with Crippen molar-refractivity contribution in [2.75, 3.05) is 0 Å². The number of amides is 1. The van der Waals surface area contributed by atoms with Crippen LogP contribution in [-0.2, 0) is 7.05 Å². The van der Waals surface area contributed by atoms with Gasteiger partial charge in [-0.2, -0.15) is 10.2 Å². The molecule has 2 aromatic carbocycles. The number of aromatic nitrogens is 2. The number of rotatable bonds is 5. The third-order valence-corrected chi connectivity index (χ3v) is 4.58. The molecule has 154 valence electrons. The molecule has 8 nitrogen and oxygen atoms in total. The van der Waals surface area contributed by atoms with E-state index >= 15 is 0 Å². The monoisotopic (exact) mass is 406 g/mol. The Hall–Kier alpha value is -3.94. The number of aromatic carboxylic acids is 1. The molecule has 0 saturated heterocycles. The van der Waals surface area contributed by atoms with Crippen LogP contribution in [0.3, 0.4) is 0 Å². The van der Waals surface area contributed by atoms with Crippen LogP contribution < -0.4 is 5.43 Å². The molecule has 0 aliphatic carbocycles. The Morgan fingerprint density at radius 2 is 1.60 bits per heavy atom. The van der Waals surface area contributed by atoms with E-state index in [0.717, 1.165) is 16.7 Å². The van der Waals surface area contributed by atoms with Crippen molar-refractivity contribution in [2.45, 2.75) is 20.8 Å². The zero-order valence-corrected chi connectivity index (χ0v) is 17.1. The number of carboxylic acids is 1. The highest BCUT2D eigenvalue weighted by Gasteiger charge is 2.20. The SMILES string of the molecule is C/C(=N\NC(=O)c1ccc(C(=O)O)cc1)c1nn(C)c(-c2cc(C)cc(C)c2)c1O. The molecule has 30 heavy (non-hydrogen) atoms. The average molecular weight is 406 g/mol. The second-order valence-corrected chi connectivity index (χ2v) is 7.07. The number of hydrogen-bond acceptors (Lipinski definition) is 5. The molecule has 0 fully saturated rings. The predicted octanol–water partition coefficient (Wildman–Crippen LogP) is 3.26. The topological polar surface area (TPSA) is 117 Å². The van der Waals surface area contributed by atoms with Gasteiger partial charge in [0.25, 0.3) is 5.91 Å². The summed E-state index contributed by atoms with van der Waals surface area (Å²) in [7, 11) is 1.73. The molecule has 0 radical (unpaired) electrons. The standard InChI is InChI=1S/C22H22N4O4/c1-12-9-13(2)11-17(10-12)19-20(27)18(25-26(19)4)14(3)23-24-21(28)15-5-7-16(8-6-15)22(29)30/h5-11,27H,1-4H3,(H,24,28)(H,29,30)/b23-14+. The summed E-state index contributed by atoms with van der Waals surface area (Å²) in [6.45, 7) is 5.59. The van der Waals surface area contributed by atoms with Crippen molar-refractivity contribution in [1.82, 2.24) is 15.2 Å². The van der Waals surface area contributed by atoms with Crippen LogP contribution in [0.2, 0.25) is 0 Å². The maximum Gasteiger partial charge on any atom is 0.335 e. The van der Waals surface area contributed by atoms with Gasteiger partial charge in [0.15, 0.2) is 11.4 Å². The van der Waals surface area contributed by atoms with Crippen molar-refractivity contribution < 1.29 is 19.8 Å². The zero-order valence-electron chi connectivity index (χ0n) is 17.1. The zero-order chi connectivity index (χ0) is 22.0. The number of hydrazone groups is 1. The molecule has 0 aliphatic heterocycles. The summed E-state index contributed by atoms with van der Waals surface area (Å²) in [5.74, 6) is -1.60. The molecule has 0 atom stereocenters. The molecule has 1 heterocycles. The minimum atomic E-state index is -1.07. The molecular formula is C22H22N4O4. The van der Waals surface area contributed by atoms with E-state index < -0.39 is 11.9 Å². The Labute approximate surface area is 173 Å². The van der Waals surface area contributed by atoms with Gasteiger partial charge in [0.2, 0.25) is 0 Å². The summed E-state index contributed by atoms with van der Waals surface area (Å²) in [4.78, 5) is 23.2. The van der Waals surface area contributed by atoms with Crippen LogP contribution >= 0.6 is 0 Å². The van der Waals surface area contributed by atoms with Gasteiger partial charge in [-0.25, -0.2) is 10.2 Å². The second kappa shape index (κ2) is 8.20. The number of aryl methyl sites for hydroxylation is 3. The first kappa shape index (κ1) is 20.8. The van der Waals surface area contributed by atoms with Gasteiger partial charge in [-0.3, -0.25) is 9.48 Å². The number of aromatic hydroxyl groups is 1. The number of carboxylic acid groups (broad SMARTS) is 1. The highest BCUT2D eigenvalue weighted by atomic mass is 16.4. The van der Waals surface area contributed by atoms with Gasteiger partial charge in [-0.05, 0) is 57.2 Å². The number of nitrogens with zero attached hydrogens (tertiary/aromatic N) is 3. The van der Waals surface area contributed by atoms with Crippen molar-refractivity contribution in [1.29, 1.82) is 0 Å². The molecule has 1 aromatic heterocycles. The van der Waals surface area contributed by atoms with E-state index in [0.29, 0.717) is 11.4 Å². The lowest BCUT2D eigenvalue weighted by Crippen LogP contribution is -2.19. The molecule has 0 saturated carbocycles. The van der Waals surface area contributed by atoms with E-state index in [1.807, 2.05) is 32.0 Å². The molecular weight excluding hydrogens is 384 g/mol. The average Bonchev–Trinajstić information content (AvgIpc) is 2.99. The Bertz CT molecular complexity index is 1140. The fourth-order valence-corrected chi connectivity index (χ4v) is 3.21. The predicted molar refractivity (Wildman–Crippen MR) is 113 cm³/mol. The van der Waals surface area contributed by atoms with Gasteiger partial charge in [0.05, 0.1) is 11.3 Å². The highest BCUT2D eigenvalue weighted by Crippen LogP contribution is 2.33. The van der Waals surface area contributed by atoms with Gasteiger partial charge in [0.1, 0.15) is 5.69 Å². The van der Waals surface area contributed by atoms with Crippen LogP contribution in [-0.4, -0.2) is 37.6 Å². The first-order chi connectivity index (χ1) is 14.2. The van der Waals surface area contributed by atoms with E-state index in [1.165, 1.54) is 24.3 Å². The van der Waals surface area contributed by atoms with Crippen LogP contribution in [0.25, 0.3) is 11.3 Å². The molecule has 0 bridgehead atoms. The Morgan fingerprint density at radius 1 is 1.03 bits per heavy atom. The first-order valence-corrected chi connectivity index (χ1v) is 9.20. The minimum absolute atomic E-state index is 0.0242. The van der Waals surface area contributed by atoms with Crippen molar-refractivity contribution in [3.8, 4) is 17.0 Å². The minimum Gasteiger partial charge on any atom is -0.504 e. The van der Waals surface area contributed by atoms with Gasteiger partial charge >= 0.3 is 5.97 Å². The number of carbonyl (C=O) groups is 2. The summed E-state index contributed by atoms with van der Waals surface area (Å²) in [6, 6.07) is 11.5. The molecule has 1 amide bonds. The molecule has 3 rings (SSSR count). The van der Waals surface area contributed by atoms with Gasteiger partial charge in [-0.15, -0.1) is 0 Å². The first-order valence-electron chi connectivity index (χ1n) is 9.20. The van der Waals surface area contributed by atoms with Gasteiger partial charge in [-0.1, -0.05) is 17.2 Å². The van der Waals surface area contributed by atoms with Crippen molar-refractivity contribution in [3.05, 3.63) is 70.4 Å². The molecule has 0 aliphatic rings. The fraction of sp³-hybridized carbons (Fsp3) is 0.182. The Morgan fingerprint density at radius 3 is 2.17 bits per heavy atom. The largest absolute Gasteiger partial charge is 0.504 e. The van der Waals surface area contributed by atoms with Crippen LogP contribution in [0.1, 0.15) is 44.5 Å². The lowest BCUT2D eigenvalue weighted by atomic mass is 10.0. The normalized spacial score (nSPS) is 11.4. The van der Waals surface area contributed by atoms with E-state index in [2.05, 4.69) is 15.6 Å². The number of carbonyl (C=O) groups excluding carboxylic acids is 1. The summed E-state index contributed by atoms with van der Waals surface area (Å²) in [5.41, 5.74) is 6.86. The van der Waals surface area contributed by atoms with E-state index in [9.17, 15) is 14.7 Å². The van der Waals surface area contributed by atoms with Crippen LogP contribution in [0, 0.1) is 13.8 Å². The van der Waals surface area contributed by atoms with Crippen LogP contribution in [0.4, 0.5) is 0 Å². The van der Waals surface area contributed by atoms with Gasteiger partial charge < -0.3 is 10.2 Å². The lowest BCUT2D eigenvalue weighted by Gasteiger charge is -2.06. The van der Waals surface area contributed by atoms with Crippen LogP contribution in [0.15, 0.2) is 47.6 Å². The lowest BCUT2D eigenvalue weighted by molar-refractivity contribution is 0.0696. The summed E-state index contributed by atoms with van der Waals surface area (Å²) >= 11 is 0. The molecule has 0 unspecified atom stereocenters. The third-order valence-electron chi connectivity index (χ3n) is 4.58. The maximum atomic E-state index is 12.3. The maximum absolute atomic E-state index is 12.3. The molecule has 3 aromatic rings. The molecule has 0 spiro atoms. The smallest absolute Gasteiger partial charge is 0.335 e.